The van der Waals surface area contributed by atoms with Gasteiger partial charge < -0.3 is 14.7 Å². The number of carboxylic acids is 1. The Morgan fingerprint density at radius 2 is 1.42 bits per heavy atom. The van der Waals surface area contributed by atoms with Gasteiger partial charge >= 0.3 is 5.97 Å². The molecule has 3 aromatic rings. The molecule has 0 spiro atoms. The van der Waals surface area contributed by atoms with Crippen molar-refractivity contribution in [3.05, 3.63) is 95.6 Å². The normalized spacial score (nSPS) is 10.3. The van der Waals surface area contributed by atoms with Crippen LogP contribution in [0.3, 0.4) is 0 Å². The van der Waals surface area contributed by atoms with Crippen molar-refractivity contribution in [3.63, 3.8) is 0 Å². The van der Waals surface area contributed by atoms with E-state index >= 15 is 0 Å². The largest absolute Gasteiger partial charge is 0.496 e. The summed E-state index contributed by atoms with van der Waals surface area (Å²) in [6, 6.07) is 25.6. The zero-order valence-electron chi connectivity index (χ0n) is 14.6. The van der Waals surface area contributed by atoms with E-state index in [2.05, 4.69) is 29.2 Å². The molecule has 3 aromatic carbocycles. The minimum Gasteiger partial charge on any atom is -0.496 e. The molecule has 0 aliphatic rings. The Balaban J connectivity index is 1.95. The summed E-state index contributed by atoms with van der Waals surface area (Å²) in [5.41, 5.74) is 3.45. The summed E-state index contributed by atoms with van der Waals surface area (Å²) in [5, 5.41) is 9.30. The van der Waals surface area contributed by atoms with Gasteiger partial charge in [0.15, 0.2) is 0 Å². The molecule has 0 amide bonds. The fourth-order valence-corrected chi connectivity index (χ4v) is 2.90. The quantitative estimate of drug-likeness (QED) is 0.678. The summed E-state index contributed by atoms with van der Waals surface area (Å²) < 4.78 is 5.29. The lowest BCUT2D eigenvalue weighted by Crippen LogP contribution is -2.22. The third kappa shape index (κ3) is 4.22. The lowest BCUT2D eigenvalue weighted by atomic mass is 10.1. The van der Waals surface area contributed by atoms with Gasteiger partial charge in [0.1, 0.15) is 11.3 Å². The van der Waals surface area contributed by atoms with Crippen LogP contribution in [0.2, 0.25) is 0 Å². The molecule has 0 heterocycles. The number of anilines is 1. The molecular formula is C22H21NO3. The SMILES string of the molecule is COc1cc(N(Cc2ccccc2)Cc2ccccc2)ccc1C(=O)O. The average molecular weight is 347 g/mol. The van der Waals surface area contributed by atoms with Gasteiger partial charge in [0.25, 0.3) is 0 Å². The molecule has 4 nitrogen and oxygen atoms in total. The molecule has 26 heavy (non-hydrogen) atoms. The second-order valence-electron chi connectivity index (χ2n) is 6.02. The Hall–Kier alpha value is -3.27. The Morgan fingerprint density at radius 3 is 1.88 bits per heavy atom. The van der Waals surface area contributed by atoms with Gasteiger partial charge in [0.05, 0.1) is 7.11 Å². The molecule has 3 rings (SSSR count). The summed E-state index contributed by atoms with van der Waals surface area (Å²) >= 11 is 0. The van der Waals surface area contributed by atoms with Crippen LogP contribution in [0.1, 0.15) is 21.5 Å². The van der Waals surface area contributed by atoms with Crippen molar-refractivity contribution < 1.29 is 14.6 Å². The van der Waals surface area contributed by atoms with Gasteiger partial charge in [-0.1, -0.05) is 60.7 Å². The van der Waals surface area contributed by atoms with Gasteiger partial charge in [-0.2, -0.15) is 0 Å². The maximum Gasteiger partial charge on any atom is 0.339 e. The number of aromatic carboxylic acids is 1. The zero-order valence-corrected chi connectivity index (χ0v) is 14.6. The monoisotopic (exact) mass is 347 g/mol. The molecule has 1 N–H and O–H groups in total. The van der Waals surface area contributed by atoms with E-state index in [4.69, 9.17) is 4.74 Å². The topological polar surface area (TPSA) is 49.8 Å². The van der Waals surface area contributed by atoms with E-state index in [1.807, 2.05) is 42.5 Å². The van der Waals surface area contributed by atoms with E-state index in [0.717, 1.165) is 5.69 Å². The molecule has 0 radical (unpaired) electrons. The van der Waals surface area contributed by atoms with Gasteiger partial charge in [0, 0.05) is 24.8 Å². The van der Waals surface area contributed by atoms with Crippen LogP contribution in [-0.4, -0.2) is 18.2 Å². The predicted octanol–water partition coefficient (Wildman–Crippen LogP) is 4.60. The van der Waals surface area contributed by atoms with E-state index in [1.165, 1.54) is 18.2 Å². The van der Waals surface area contributed by atoms with Crippen LogP contribution >= 0.6 is 0 Å². The first-order chi connectivity index (χ1) is 12.7. The first-order valence-corrected chi connectivity index (χ1v) is 8.41. The molecule has 0 fully saturated rings. The number of carbonyl (C=O) groups is 1. The molecule has 0 atom stereocenters. The highest BCUT2D eigenvalue weighted by atomic mass is 16.5. The van der Waals surface area contributed by atoms with Crippen LogP contribution in [0.25, 0.3) is 0 Å². The second-order valence-corrected chi connectivity index (χ2v) is 6.02. The van der Waals surface area contributed by atoms with Crippen LogP contribution in [0.15, 0.2) is 78.9 Å². The number of methoxy groups -OCH3 is 1. The molecule has 0 unspecified atom stereocenters. The molecule has 0 saturated heterocycles. The van der Waals surface area contributed by atoms with E-state index in [-0.39, 0.29) is 5.56 Å². The fourth-order valence-electron chi connectivity index (χ4n) is 2.90. The van der Waals surface area contributed by atoms with Gasteiger partial charge in [-0.25, -0.2) is 4.79 Å². The molecule has 0 aliphatic carbocycles. The van der Waals surface area contributed by atoms with Crippen molar-refractivity contribution in [1.82, 2.24) is 0 Å². The molecule has 0 saturated carbocycles. The highest BCUT2D eigenvalue weighted by Crippen LogP contribution is 2.28. The third-order valence-corrected chi connectivity index (χ3v) is 4.21. The van der Waals surface area contributed by atoms with Crippen LogP contribution in [0.4, 0.5) is 5.69 Å². The first kappa shape index (κ1) is 17.5. The molecular weight excluding hydrogens is 326 g/mol. The number of nitrogens with zero attached hydrogens (tertiary/aromatic N) is 1. The molecule has 4 heteroatoms. The molecule has 0 aliphatic heterocycles. The van der Waals surface area contributed by atoms with Crippen LogP contribution in [0, 0.1) is 0 Å². The van der Waals surface area contributed by atoms with Gasteiger partial charge in [-0.3, -0.25) is 0 Å². The summed E-state index contributed by atoms with van der Waals surface area (Å²) in [5.74, 6) is -0.632. The second kappa shape index (κ2) is 8.21. The highest BCUT2D eigenvalue weighted by molar-refractivity contribution is 5.91. The Morgan fingerprint density at radius 1 is 0.885 bits per heavy atom. The summed E-state index contributed by atoms with van der Waals surface area (Å²) in [6.45, 7) is 1.43. The third-order valence-electron chi connectivity index (χ3n) is 4.21. The number of ether oxygens (including phenoxy) is 1. The first-order valence-electron chi connectivity index (χ1n) is 8.41. The van der Waals surface area contributed by atoms with E-state index in [1.54, 1.807) is 12.1 Å². The van der Waals surface area contributed by atoms with Gasteiger partial charge in [-0.05, 0) is 23.3 Å². The van der Waals surface area contributed by atoms with Gasteiger partial charge in [-0.15, -0.1) is 0 Å². The lowest BCUT2D eigenvalue weighted by molar-refractivity contribution is 0.0693. The number of hydrogen-bond acceptors (Lipinski definition) is 3. The van der Waals surface area contributed by atoms with E-state index in [9.17, 15) is 9.90 Å². The molecule has 0 aromatic heterocycles. The highest BCUT2D eigenvalue weighted by Gasteiger charge is 2.15. The van der Waals surface area contributed by atoms with Gasteiger partial charge in [0.2, 0.25) is 0 Å². The van der Waals surface area contributed by atoms with Crippen molar-refractivity contribution in [2.75, 3.05) is 12.0 Å². The Labute approximate surface area is 153 Å². The number of benzene rings is 3. The van der Waals surface area contributed by atoms with Crippen LogP contribution in [-0.2, 0) is 13.1 Å². The summed E-state index contributed by atoms with van der Waals surface area (Å²) in [7, 11) is 1.49. The maximum atomic E-state index is 11.4. The zero-order chi connectivity index (χ0) is 18.4. The van der Waals surface area contributed by atoms with Crippen molar-refractivity contribution in [2.45, 2.75) is 13.1 Å². The summed E-state index contributed by atoms with van der Waals surface area (Å²) in [4.78, 5) is 13.6. The standard InChI is InChI=1S/C22H21NO3/c1-26-21-14-19(12-13-20(21)22(24)25)23(15-17-8-4-2-5-9-17)16-18-10-6-3-7-11-18/h2-14H,15-16H2,1H3,(H,24,25). The average Bonchev–Trinajstić information content (AvgIpc) is 2.68. The Bertz CT molecular complexity index is 822. The fraction of sp³-hybridized carbons (Fsp3) is 0.136. The minimum absolute atomic E-state index is 0.163. The summed E-state index contributed by atoms with van der Waals surface area (Å²) in [6.07, 6.45) is 0. The predicted molar refractivity (Wildman–Crippen MR) is 103 cm³/mol. The molecule has 132 valence electrons. The van der Waals surface area contributed by atoms with Crippen molar-refractivity contribution in [2.24, 2.45) is 0 Å². The van der Waals surface area contributed by atoms with Crippen molar-refractivity contribution in [1.29, 1.82) is 0 Å². The number of rotatable bonds is 7. The molecule has 0 bridgehead atoms. The number of carboxylic acid groups (broad SMARTS) is 1. The van der Waals surface area contributed by atoms with Crippen LogP contribution < -0.4 is 9.64 Å². The van der Waals surface area contributed by atoms with Crippen molar-refractivity contribution >= 4 is 11.7 Å². The lowest BCUT2D eigenvalue weighted by Gasteiger charge is -2.26. The maximum absolute atomic E-state index is 11.4. The Kier molecular flexibility index (Phi) is 5.54. The van der Waals surface area contributed by atoms with Crippen molar-refractivity contribution in [3.8, 4) is 5.75 Å². The van der Waals surface area contributed by atoms with Crippen LogP contribution in [0.5, 0.6) is 5.75 Å². The van der Waals surface area contributed by atoms with E-state index in [0.29, 0.717) is 18.8 Å². The smallest absolute Gasteiger partial charge is 0.339 e. The number of hydrogen-bond donors (Lipinski definition) is 1. The van der Waals surface area contributed by atoms with E-state index < -0.39 is 5.97 Å². The minimum atomic E-state index is -0.994.